The van der Waals surface area contributed by atoms with Crippen molar-refractivity contribution in [2.24, 2.45) is 0 Å². The van der Waals surface area contributed by atoms with Crippen molar-refractivity contribution in [3.8, 4) is 6.07 Å². The van der Waals surface area contributed by atoms with Crippen LogP contribution in [0.2, 0.25) is 0 Å². The average Bonchev–Trinajstić information content (AvgIpc) is 3.34. The molecule has 146 valence electrons. The molecule has 1 aromatic heterocycles. The zero-order valence-corrected chi connectivity index (χ0v) is 16.2. The highest BCUT2D eigenvalue weighted by Gasteiger charge is 2.31. The molecular weight excluding hydrogens is 362 g/mol. The Morgan fingerprint density at radius 2 is 1.83 bits per heavy atom. The fourth-order valence-electron chi connectivity index (χ4n) is 3.64. The highest BCUT2D eigenvalue weighted by Crippen LogP contribution is 2.16. The maximum absolute atomic E-state index is 12.7. The van der Waals surface area contributed by atoms with Gasteiger partial charge in [0, 0.05) is 32.4 Å². The van der Waals surface area contributed by atoms with E-state index < -0.39 is 0 Å². The van der Waals surface area contributed by atoms with Crippen LogP contribution in [0.25, 0.3) is 0 Å². The molecule has 6 nitrogen and oxygen atoms in total. The van der Waals surface area contributed by atoms with E-state index in [2.05, 4.69) is 33.1 Å². The minimum absolute atomic E-state index is 0.156. The SMILES string of the molecule is N#Cc1ccc(Cn2cncc2CN[C@@H]2CCN(Cc3ccccc3)C2=O)cc1. The number of imidazole rings is 1. The molecule has 6 heteroatoms. The van der Waals surface area contributed by atoms with Crippen LogP contribution in [0.4, 0.5) is 0 Å². The first kappa shape index (κ1) is 18.9. The Hall–Kier alpha value is -3.43. The van der Waals surface area contributed by atoms with Crippen molar-refractivity contribution < 1.29 is 4.79 Å². The minimum Gasteiger partial charge on any atom is -0.337 e. The summed E-state index contributed by atoms with van der Waals surface area (Å²) in [6, 6.07) is 19.6. The van der Waals surface area contributed by atoms with E-state index in [1.54, 1.807) is 6.33 Å². The van der Waals surface area contributed by atoms with Crippen LogP contribution in [0.15, 0.2) is 67.1 Å². The molecule has 1 N–H and O–H groups in total. The lowest BCUT2D eigenvalue weighted by Gasteiger charge is -2.17. The van der Waals surface area contributed by atoms with E-state index in [0.717, 1.165) is 29.8 Å². The number of nitrogens with zero attached hydrogens (tertiary/aromatic N) is 4. The van der Waals surface area contributed by atoms with Crippen LogP contribution in [0.5, 0.6) is 0 Å². The van der Waals surface area contributed by atoms with E-state index in [-0.39, 0.29) is 11.9 Å². The number of hydrogen-bond donors (Lipinski definition) is 1. The molecule has 1 aliphatic heterocycles. The lowest BCUT2D eigenvalue weighted by Crippen LogP contribution is -2.38. The zero-order chi connectivity index (χ0) is 20.1. The van der Waals surface area contributed by atoms with Crippen molar-refractivity contribution in [1.82, 2.24) is 19.8 Å². The smallest absolute Gasteiger partial charge is 0.240 e. The lowest BCUT2D eigenvalue weighted by atomic mass is 10.1. The number of amides is 1. The number of likely N-dealkylation sites (tertiary alicyclic amines) is 1. The normalized spacial score (nSPS) is 16.2. The van der Waals surface area contributed by atoms with Crippen molar-refractivity contribution in [3.05, 3.63) is 89.5 Å². The molecule has 0 aliphatic carbocycles. The summed E-state index contributed by atoms with van der Waals surface area (Å²) in [5.74, 6) is 0.159. The summed E-state index contributed by atoms with van der Waals surface area (Å²) in [5, 5.41) is 12.3. The fourth-order valence-corrected chi connectivity index (χ4v) is 3.64. The molecule has 1 aliphatic rings. The molecule has 4 rings (SSSR count). The molecule has 1 fully saturated rings. The van der Waals surface area contributed by atoms with Gasteiger partial charge in [0.2, 0.25) is 5.91 Å². The first-order valence-electron chi connectivity index (χ1n) is 9.77. The first-order valence-corrected chi connectivity index (χ1v) is 9.77. The van der Waals surface area contributed by atoms with E-state index in [1.165, 1.54) is 0 Å². The van der Waals surface area contributed by atoms with Crippen molar-refractivity contribution in [2.75, 3.05) is 6.54 Å². The van der Waals surface area contributed by atoms with Gasteiger partial charge in [-0.25, -0.2) is 4.98 Å². The fraction of sp³-hybridized carbons (Fsp3) is 0.261. The van der Waals surface area contributed by atoms with Gasteiger partial charge in [0.15, 0.2) is 0 Å². The van der Waals surface area contributed by atoms with Gasteiger partial charge in [-0.3, -0.25) is 4.79 Å². The molecule has 2 aromatic carbocycles. The molecular formula is C23H23N5O. The highest BCUT2D eigenvalue weighted by molar-refractivity contribution is 5.83. The molecule has 1 amide bonds. The van der Waals surface area contributed by atoms with Crippen LogP contribution in [-0.2, 0) is 24.4 Å². The predicted molar refractivity (Wildman–Crippen MR) is 110 cm³/mol. The van der Waals surface area contributed by atoms with Gasteiger partial charge in [0.25, 0.3) is 0 Å². The van der Waals surface area contributed by atoms with Gasteiger partial charge in [0.1, 0.15) is 0 Å². The zero-order valence-electron chi connectivity index (χ0n) is 16.2. The van der Waals surface area contributed by atoms with Crippen LogP contribution in [-0.4, -0.2) is 32.9 Å². The largest absolute Gasteiger partial charge is 0.337 e. The molecule has 0 radical (unpaired) electrons. The van der Waals surface area contributed by atoms with E-state index >= 15 is 0 Å². The summed E-state index contributed by atoms with van der Waals surface area (Å²) in [6.45, 7) is 2.71. The number of rotatable bonds is 7. The quantitative estimate of drug-likeness (QED) is 0.679. The van der Waals surface area contributed by atoms with Gasteiger partial charge in [-0.1, -0.05) is 42.5 Å². The van der Waals surface area contributed by atoms with E-state index in [0.29, 0.717) is 25.2 Å². The maximum Gasteiger partial charge on any atom is 0.240 e. The first-order chi connectivity index (χ1) is 14.2. The second kappa shape index (κ2) is 8.72. The summed E-state index contributed by atoms with van der Waals surface area (Å²) >= 11 is 0. The third-order valence-electron chi connectivity index (χ3n) is 5.28. The number of benzene rings is 2. The monoisotopic (exact) mass is 385 g/mol. The van der Waals surface area contributed by atoms with Crippen LogP contribution < -0.4 is 5.32 Å². The summed E-state index contributed by atoms with van der Waals surface area (Å²) in [4.78, 5) is 18.9. The average molecular weight is 385 g/mol. The number of hydrogen-bond acceptors (Lipinski definition) is 4. The van der Waals surface area contributed by atoms with Gasteiger partial charge in [0.05, 0.1) is 29.7 Å². The Bertz CT molecular complexity index is 1000. The summed E-state index contributed by atoms with van der Waals surface area (Å²) in [6.07, 6.45) is 4.45. The second-order valence-electron chi connectivity index (χ2n) is 7.29. The number of aromatic nitrogens is 2. The third-order valence-corrected chi connectivity index (χ3v) is 5.28. The van der Waals surface area contributed by atoms with Gasteiger partial charge in [-0.2, -0.15) is 5.26 Å². The Kier molecular flexibility index (Phi) is 5.68. The van der Waals surface area contributed by atoms with E-state index in [9.17, 15) is 4.79 Å². The van der Waals surface area contributed by atoms with Gasteiger partial charge in [-0.15, -0.1) is 0 Å². The highest BCUT2D eigenvalue weighted by atomic mass is 16.2. The molecule has 0 spiro atoms. The number of carbonyl (C=O) groups is 1. The molecule has 0 saturated carbocycles. The summed E-state index contributed by atoms with van der Waals surface area (Å²) in [7, 11) is 0. The standard InChI is InChI=1S/C23H23N5O/c24-12-18-6-8-20(9-7-18)16-28-17-25-13-21(28)14-26-22-10-11-27(23(22)29)15-19-4-2-1-3-5-19/h1-9,13,17,22,26H,10-11,14-16H2/t22-/m1/s1. The van der Waals surface area contributed by atoms with Gasteiger partial charge < -0.3 is 14.8 Å². The van der Waals surface area contributed by atoms with E-state index in [4.69, 9.17) is 5.26 Å². The molecule has 1 saturated heterocycles. The Morgan fingerprint density at radius 1 is 1.07 bits per heavy atom. The number of nitrogens with one attached hydrogen (secondary N) is 1. The van der Waals surface area contributed by atoms with Crippen molar-refractivity contribution in [3.63, 3.8) is 0 Å². The van der Waals surface area contributed by atoms with E-state index in [1.807, 2.05) is 53.6 Å². The Labute approximate surface area is 170 Å². The second-order valence-corrected chi connectivity index (χ2v) is 7.29. The van der Waals surface area contributed by atoms with Crippen molar-refractivity contribution in [2.45, 2.75) is 32.1 Å². The molecule has 2 heterocycles. The molecule has 3 aromatic rings. The summed E-state index contributed by atoms with van der Waals surface area (Å²) < 4.78 is 2.07. The Morgan fingerprint density at radius 3 is 2.59 bits per heavy atom. The molecule has 0 unspecified atom stereocenters. The summed E-state index contributed by atoms with van der Waals surface area (Å²) in [5.41, 5.74) is 3.95. The molecule has 1 atom stereocenters. The van der Waals surface area contributed by atoms with Crippen LogP contribution >= 0.6 is 0 Å². The Balaban J connectivity index is 1.33. The maximum atomic E-state index is 12.7. The minimum atomic E-state index is -0.156. The predicted octanol–water partition coefficient (Wildman–Crippen LogP) is 2.69. The van der Waals surface area contributed by atoms with Crippen molar-refractivity contribution >= 4 is 5.91 Å². The van der Waals surface area contributed by atoms with Crippen LogP contribution in [0, 0.1) is 11.3 Å². The van der Waals surface area contributed by atoms with Crippen LogP contribution in [0.1, 0.15) is 28.8 Å². The van der Waals surface area contributed by atoms with Gasteiger partial charge >= 0.3 is 0 Å². The number of carbonyl (C=O) groups excluding carboxylic acids is 1. The van der Waals surface area contributed by atoms with Crippen LogP contribution in [0.3, 0.4) is 0 Å². The third kappa shape index (κ3) is 4.53. The van der Waals surface area contributed by atoms with Crippen molar-refractivity contribution in [1.29, 1.82) is 5.26 Å². The van der Waals surface area contributed by atoms with Gasteiger partial charge in [-0.05, 0) is 29.7 Å². The molecule has 0 bridgehead atoms. The topological polar surface area (TPSA) is 74.0 Å². The molecule has 29 heavy (non-hydrogen) atoms. The lowest BCUT2D eigenvalue weighted by molar-refractivity contribution is -0.129. The number of nitriles is 1.